The first-order chi connectivity index (χ1) is 10.7. The number of hydrogen-bond donors (Lipinski definition) is 0. The largest absolute Gasteiger partial charge is 0.444 e. The van der Waals surface area contributed by atoms with Gasteiger partial charge in [-0.2, -0.15) is 3.93 Å². The molecule has 0 aliphatic heterocycles. The van der Waals surface area contributed by atoms with Crippen molar-refractivity contribution in [3.63, 3.8) is 0 Å². The average molecular weight is 425 g/mol. The van der Waals surface area contributed by atoms with Crippen molar-refractivity contribution in [1.82, 2.24) is 0 Å². The van der Waals surface area contributed by atoms with E-state index in [1.165, 1.54) is 3.93 Å². The van der Waals surface area contributed by atoms with Gasteiger partial charge in [0.2, 0.25) is 5.88 Å². The molecule has 3 rings (SSSR count). The van der Waals surface area contributed by atoms with Gasteiger partial charge in [0.25, 0.3) is 0 Å². The molecule has 1 amide bonds. The molecule has 2 aromatic carbocycles. The normalized spacial score (nSPS) is 10.6. The van der Waals surface area contributed by atoms with Crippen molar-refractivity contribution in [3.05, 3.63) is 64.6 Å². The minimum absolute atomic E-state index is 0.194. The molecule has 1 aromatic heterocycles. The molecule has 112 valence electrons. The topological polar surface area (TPSA) is 42.7 Å². The van der Waals surface area contributed by atoms with Crippen LogP contribution >= 0.6 is 32.1 Å². The van der Waals surface area contributed by atoms with Crippen LogP contribution in [0.15, 0.2) is 63.5 Å². The number of anilines is 1. The lowest BCUT2D eigenvalue weighted by Crippen LogP contribution is -2.20. The van der Waals surface area contributed by atoms with Gasteiger partial charge in [0, 0.05) is 5.39 Å². The Morgan fingerprint density at radius 1 is 1.09 bits per heavy atom. The SMILES string of the molecule is O=C(OCc1ccccc1)N(Br)c1oc2ccccc2c1Br. The molecule has 0 spiro atoms. The van der Waals surface area contributed by atoms with E-state index >= 15 is 0 Å². The zero-order chi connectivity index (χ0) is 15.5. The Kier molecular flexibility index (Phi) is 4.49. The predicted molar refractivity (Wildman–Crippen MR) is 91.9 cm³/mol. The van der Waals surface area contributed by atoms with Crippen LogP contribution in [0.25, 0.3) is 11.0 Å². The molecule has 22 heavy (non-hydrogen) atoms. The monoisotopic (exact) mass is 423 g/mol. The van der Waals surface area contributed by atoms with E-state index in [2.05, 4.69) is 32.1 Å². The van der Waals surface area contributed by atoms with E-state index in [1.807, 2.05) is 54.6 Å². The fraction of sp³-hybridized carbons (Fsp3) is 0.0625. The molecule has 6 heteroatoms. The number of ether oxygens (including phenoxy) is 1. The van der Waals surface area contributed by atoms with Crippen molar-refractivity contribution < 1.29 is 13.9 Å². The molecule has 4 nitrogen and oxygen atoms in total. The number of amides is 1. The highest BCUT2D eigenvalue weighted by molar-refractivity contribution is 9.11. The second-order valence-electron chi connectivity index (χ2n) is 4.54. The van der Waals surface area contributed by atoms with Gasteiger partial charge in [0.1, 0.15) is 12.2 Å². The molecular formula is C16H11Br2NO3. The summed E-state index contributed by atoms with van der Waals surface area (Å²) in [6.45, 7) is 0.194. The highest BCUT2D eigenvalue weighted by Crippen LogP contribution is 2.38. The Bertz CT molecular complexity index is 802. The maximum atomic E-state index is 12.1. The summed E-state index contributed by atoms with van der Waals surface area (Å²) in [5.74, 6) is 0.347. The van der Waals surface area contributed by atoms with Crippen LogP contribution in [0.2, 0.25) is 0 Å². The van der Waals surface area contributed by atoms with Crippen LogP contribution in [0.3, 0.4) is 0 Å². The van der Waals surface area contributed by atoms with Gasteiger partial charge in [0.15, 0.2) is 0 Å². The van der Waals surface area contributed by atoms with Gasteiger partial charge in [-0.15, -0.1) is 0 Å². The molecule has 0 radical (unpaired) electrons. The quantitative estimate of drug-likeness (QED) is 0.510. The van der Waals surface area contributed by atoms with Crippen LogP contribution < -0.4 is 3.93 Å². The van der Waals surface area contributed by atoms with Crippen molar-refractivity contribution in [1.29, 1.82) is 0 Å². The summed E-state index contributed by atoms with van der Waals surface area (Å²) in [5.41, 5.74) is 1.60. The summed E-state index contributed by atoms with van der Waals surface area (Å²) >= 11 is 6.63. The number of carbonyl (C=O) groups excluding carboxylic acids is 1. The molecule has 0 aliphatic rings. The molecule has 0 fully saturated rings. The van der Waals surface area contributed by atoms with E-state index in [0.29, 0.717) is 15.9 Å². The van der Waals surface area contributed by atoms with E-state index in [9.17, 15) is 4.79 Å². The molecule has 0 bridgehead atoms. The number of benzene rings is 2. The van der Waals surface area contributed by atoms with Gasteiger partial charge in [-0.3, -0.25) is 0 Å². The van der Waals surface area contributed by atoms with Gasteiger partial charge < -0.3 is 9.15 Å². The summed E-state index contributed by atoms with van der Waals surface area (Å²) in [4.78, 5) is 12.1. The van der Waals surface area contributed by atoms with Crippen LogP contribution in [0.1, 0.15) is 5.56 Å². The lowest BCUT2D eigenvalue weighted by molar-refractivity contribution is 0.151. The van der Waals surface area contributed by atoms with Gasteiger partial charge in [0.05, 0.1) is 20.6 Å². The molecule has 0 saturated heterocycles. The molecule has 0 saturated carbocycles. The van der Waals surface area contributed by atoms with Crippen molar-refractivity contribution in [2.45, 2.75) is 6.61 Å². The first-order valence-corrected chi connectivity index (χ1v) is 8.00. The molecule has 1 heterocycles. The van der Waals surface area contributed by atoms with Crippen LogP contribution in [0, 0.1) is 0 Å². The summed E-state index contributed by atoms with van der Waals surface area (Å²) in [6.07, 6.45) is -0.552. The number of furan rings is 1. The molecule has 3 aromatic rings. The Morgan fingerprint density at radius 2 is 1.77 bits per heavy atom. The number of halogens is 2. The number of rotatable bonds is 3. The van der Waals surface area contributed by atoms with Gasteiger partial charge in [-0.25, -0.2) is 4.79 Å². The van der Waals surface area contributed by atoms with Crippen LogP contribution in [0.4, 0.5) is 10.7 Å². The van der Waals surface area contributed by atoms with Gasteiger partial charge >= 0.3 is 6.09 Å². The molecule has 0 unspecified atom stereocenters. The molecular weight excluding hydrogens is 414 g/mol. The minimum Gasteiger partial charge on any atom is -0.444 e. The lowest BCUT2D eigenvalue weighted by Gasteiger charge is -2.12. The zero-order valence-electron chi connectivity index (χ0n) is 11.3. The summed E-state index contributed by atoms with van der Waals surface area (Å²) in [7, 11) is 0. The summed E-state index contributed by atoms with van der Waals surface area (Å²) in [6, 6.07) is 17.0. The smallest absolute Gasteiger partial charge is 0.427 e. The highest BCUT2D eigenvalue weighted by atomic mass is 79.9. The first kappa shape index (κ1) is 15.1. The zero-order valence-corrected chi connectivity index (χ0v) is 14.5. The van der Waals surface area contributed by atoms with Crippen molar-refractivity contribution >= 4 is 55.0 Å². The fourth-order valence-corrected chi connectivity index (χ4v) is 3.16. The van der Waals surface area contributed by atoms with Crippen molar-refractivity contribution in [2.24, 2.45) is 0 Å². The molecule has 0 aliphatic carbocycles. The lowest BCUT2D eigenvalue weighted by atomic mass is 10.2. The average Bonchev–Trinajstić information content (AvgIpc) is 2.90. The van der Waals surface area contributed by atoms with Crippen molar-refractivity contribution in [2.75, 3.05) is 3.93 Å². The van der Waals surface area contributed by atoms with E-state index < -0.39 is 6.09 Å². The van der Waals surface area contributed by atoms with Gasteiger partial charge in [-0.1, -0.05) is 42.5 Å². The Morgan fingerprint density at radius 3 is 2.50 bits per heavy atom. The molecule has 0 atom stereocenters. The van der Waals surface area contributed by atoms with E-state index in [4.69, 9.17) is 9.15 Å². The molecule has 0 N–H and O–H groups in total. The van der Waals surface area contributed by atoms with E-state index in [-0.39, 0.29) is 6.61 Å². The number of para-hydroxylation sites is 1. The number of nitrogens with zero attached hydrogens (tertiary/aromatic N) is 1. The standard InChI is InChI=1S/C16H11Br2NO3/c17-14-12-8-4-5-9-13(12)22-15(14)19(18)16(20)21-10-11-6-2-1-3-7-11/h1-9H,10H2. The first-order valence-electron chi connectivity index (χ1n) is 6.50. The minimum atomic E-state index is -0.552. The Hall–Kier alpha value is -1.79. The van der Waals surface area contributed by atoms with Crippen LogP contribution in [0.5, 0.6) is 0 Å². The van der Waals surface area contributed by atoms with E-state index in [0.717, 1.165) is 10.9 Å². The maximum absolute atomic E-state index is 12.1. The van der Waals surface area contributed by atoms with Crippen molar-refractivity contribution in [3.8, 4) is 0 Å². The van der Waals surface area contributed by atoms with Gasteiger partial charge in [-0.05, 0) is 33.6 Å². The summed E-state index contributed by atoms with van der Waals surface area (Å²) in [5, 5.41) is 0.887. The highest BCUT2D eigenvalue weighted by Gasteiger charge is 2.23. The Balaban J connectivity index is 1.76. The van der Waals surface area contributed by atoms with Crippen LogP contribution in [-0.4, -0.2) is 6.09 Å². The van der Waals surface area contributed by atoms with E-state index in [1.54, 1.807) is 0 Å². The fourth-order valence-electron chi connectivity index (χ4n) is 1.99. The second kappa shape index (κ2) is 6.54. The Labute approximate surface area is 144 Å². The third-order valence-electron chi connectivity index (χ3n) is 3.06. The van der Waals surface area contributed by atoms with Crippen LogP contribution in [-0.2, 0) is 11.3 Å². The number of fused-ring (bicyclic) bond motifs is 1. The maximum Gasteiger partial charge on any atom is 0.427 e. The predicted octanol–water partition coefficient (Wildman–Crippen LogP) is 5.65. The number of hydrogen-bond acceptors (Lipinski definition) is 3. The second-order valence-corrected chi connectivity index (χ2v) is 6.04. The third-order valence-corrected chi connectivity index (χ3v) is 4.44. The number of carbonyl (C=O) groups is 1. The summed E-state index contributed by atoms with van der Waals surface area (Å²) < 4.78 is 12.8. The third kappa shape index (κ3) is 3.03.